The van der Waals surface area contributed by atoms with Gasteiger partial charge in [-0.1, -0.05) is 22.0 Å². The highest BCUT2D eigenvalue weighted by atomic mass is 79.9. The molecule has 3 rings (SSSR count). The van der Waals surface area contributed by atoms with E-state index in [2.05, 4.69) is 21.2 Å². The largest absolute Gasteiger partial charge is 0.314 e. The predicted molar refractivity (Wildman–Crippen MR) is 91.4 cm³/mol. The van der Waals surface area contributed by atoms with Crippen LogP contribution in [0.2, 0.25) is 0 Å². The highest BCUT2D eigenvalue weighted by Crippen LogP contribution is 2.29. The van der Waals surface area contributed by atoms with Crippen molar-refractivity contribution in [1.82, 2.24) is 9.62 Å². The fourth-order valence-electron chi connectivity index (χ4n) is 2.96. The number of nitrogens with one attached hydrogen (secondary N) is 1. The Labute approximate surface area is 141 Å². The maximum absolute atomic E-state index is 12.8. The molecule has 1 aliphatic carbocycles. The van der Waals surface area contributed by atoms with Gasteiger partial charge in [-0.15, -0.1) is 0 Å². The Morgan fingerprint density at radius 2 is 1.91 bits per heavy atom. The second-order valence-electron chi connectivity index (χ2n) is 6.39. The molecule has 1 heterocycles. The van der Waals surface area contributed by atoms with E-state index >= 15 is 0 Å². The quantitative estimate of drug-likeness (QED) is 0.845. The van der Waals surface area contributed by atoms with Crippen molar-refractivity contribution in [3.05, 3.63) is 28.2 Å². The molecule has 1 N–H and O–H groups in total. The molecule has 4 nitrogen and oxygen atoms in total. The Kier molecular flexibility index (Phi) is 4.92. The van der Waals surface area contributed by atoms with Crippen molar-refractivity contribution in [2.24, 2.45) is 5.92 Å². The molecule has 2 aliphatic rings. The lowest BCUT2D eigenvalue weighted by Crippen LogP contribution is -2.45. The summed E-state index contributed by atoms with van der Waals surface area (Å²) < 4.78 is 28.1. The van der Waals surface area contributed by atoms with Gasteiger partial charge in [0.25, 0.3) is 0 Å². The van der Waals surface area contributed by atoms with Gasteiger partial charge in [-0.2, -0.15) is 4.31 Å². The smallest absolute Gasteiger partial charge is 0.243 e. The number of hydrogen-bond donors (Lipinski definition) is 1. The molecule has 0 spiro atoms. The van der Waals surface area contributed by atoms with Crippen LogP contribution in [0.3, 0.4) is 0 Å². The van der Waals surface area contributed by atoms with E-state index < -0.39 is 10.0 Å². The maximum atomic E-state index is 12.8. The van der Waals surface area contributed by atoms with E-state index in [1.54, 1.807) is 16.4 Å². The Balaban J connectivity index is 1.65. The van der Waals surface area contributed by atoms with E-state index in [0.717, 1.165) is 35.3 Å². The van der Waals surface area contributed by atoms with Crippen LogP contribution in [-0.4, -0.2) is 38.4 Å². The van der Waals surface area contributed by atoms with Crippen LogP contribution in [0.25, 0.3) is 0 Å². The van der Waals surface area contributed by atoms with Crippen molar-refractivity contribution in [3.8, 4) is 0 Å². The van der Waals surface area contributed by atoms with E-state index in [9.17, 15) is 8.42 Å². The zero-order chi connectivity index (χ0) is 15.7. The summed E-state index contributed by atoms with van der Waals surface area (Å²) in [6.45, 7) is 4.16. The molecule has 0 radical (unpaired) electrons. The van der Waals surface area contributed by atoms with Crippen molar-refractivity contribution < 1.29 is 8.42 Å². The van der Waals surface area contributed by atoms with Crippen molar-refractivity contribution in [1.29, 1.82) is 0 Å². The molecule has 1 saturated carbocycles. The van der Waals surface area contributed by atoms with Gasteiger partial charge in [0, 0.05) is 23.6 Å². The lowest BCUT2D eigenvalue weighted by molar-refractivity contribution is 0.288. The third kappa shape index (κ3) is 3.55. The number of halogens is 1. The van der Waals surface area contributed by atoms with Gasteiger partial charge in [0.2, 0.25) is 10.0 Å². The molecule has 0 amide bonds. The van der Waals surface area contributed by atoms with E-state index in [4.69, 9.17) is 0 Å². The van der Waals surface area contributed by atoms with E-state index in [1.165, 1.54) is 12.8 Å². The Morgan fingerprint density at radius 3 is 2.55 bits per heavy atom. The van der Waals surface area contributed by atoms with Gasteiger partial charge in [-0.25, -0.2) is 8.42 Å². The van der Waals surface area contributed by atoms with Crippen molar-refractivity contribution in [2.45, 2.75) is 43.5 Å². The molecular formula is C16H23BrN2O2S. The Hall–Kier alpha value is -0.430. The first-order chi connectivity index (χ1) is 10.5. The van der Waals surface area contributed by atoms with Crippen LogP contribution in [-0.2, 0) is 10.0 Å². The molecule has 1 aliphatic heterocycles. The first kappa shape index (κ1) is 16.4. The number of nitrogens with zero attached hydrogens (tertiary/aromatic N) is 1. The summed E-state index contributed by atoms with van der Waals surface area (Å²) >= 11 is 3.42. The first-order valence-corrected chi connectivity index (χ1v) is 10.2. The minimum atomic E-state index is -3.38. The van der Waals surface area contributed by atoms with E-state index in [0.29, 0.717) is 24.0 Å². The third-order valence-corrected chi connectivity index (χ3v) is 7.58. The molecule has 0 atom stereocenters. The number of hydrogen-bond acceptors (Lipinski definition) is 3. The van der Waals surface area contributed by atoms with Gasteiger partial charge in [0.15, 0.2) is 0 Å². The summed E-state index contributed by atoms with van der Waals surface area (Å²) in [5.74, 6) is 0.867. The maximum Gasteiger partial charge on any atom is 0.243 e. The summed E-state index contributed by atoms with van der Waals surface area (Å²) in [5.41, 5.74) is 0.788. The van der Waals surface area contributed by atoms with Crippen LogP contribution in [0.15, 0.2) is 27.6 Å². The summed E-state index contributed by atoms with van der Waals surface area (Å²) in [4.78, 5) is 0.422. The van der Waals surface area contributed by atoms with Crippen molar-refractivity contribution in [3.63, 3.8) is 0 Å². The molecule has 0 unspecified atom stereocenters. The topological polar surface area (TPSA) is 49.4 Å². The molecule has 0 aromatic heterocycles. The zero-order valence-electron chi connectivity index (χ0n) is 12.9. The summed E-state index contributed by atoms with van der Waals surface area (Å²) in [6.07, 6.45) is 4.50. The zero-order valence-corrected chi connectivity index (χ0v) is 15.3. The lowest BCUT2D eigenvalue weighted by atomic mass is 10.1. The second kappa shape index (κ2) is 6.59. The van der Waals surface area contributed by atoms with Gasteiger partial charge >= 0.3 is 0 Å². The molecule has 2 fully saturated rings. The Morgan fingerprint density at radius 1 is 1.23 bits per heavy atom. The summed E-state index contributed by atoms with van der Waals surface area (Å²) in [7, 11) is -3.38. The van der Waals surface area contributed by atoms with Gasteiger partial charge in [0.05, 0.1) is 4.90 Å². The van der Waals surface area contributed by atoms with Crippen molar-refractivity contribution in [2.75, 3.05) is 19.6 Å². The molecular weight excluding hydrogens is 364 g/mol. The van der Waals surface area contributed by atoms with Crippen molar-refractivity contribution >= 4 is 26.0 Å². The van der Waals surface area contributed by atoms with Gasteiger partial charge in [-0.05, 0) is 62.8 Å². The third-order valence-electron chi connectivity index (χ3n) is 4.68. The molecule has 6 heteroatoms. The predicted octanol–water partition coefficient (Wildman–Crippen LogP) is 2.91. The lowest BCUT2D eigenvalue weighted by Gasteiger charge is -2.32. The van der Waals surface area contributed by atoms with Crippen LogP contribution < -0.4 is 5.32 Å². The minimum Gasteiger partial charge on any atom is -0.314 e. The molecule has 22 heavy (non-hydrogen) atoms. The average Bonchev–Trinajstić information content (AvgIpc) is 3.32. The number of sulfonamides is 1. The van der Waals surface area contributed by atoms with Crippen LogP contribution in [0.1, 0.15) is 31.2 Å². The molecule has 0 bridgehead atoms. The standard InChI is InChI=1S/C16H23BrN2O2S/c1-12-15(17)3-2-4-16(12)22(20,21)19-9-7-14(8-10-19)18-11-13-5-6-13/h2-4,13-14,18H,5-11H2,1H3. The normalized spacial score (nSPS) is 21.2. The second-order valence-corrected chi connectivity index (χ2v) is 9.15. The van der Waals surface area contributed by atoms with Gasteiger partial charge in [-0.3, -0.25) is 0 Å². The first-order valence-electron chi connectivity index (χ1n) is 7.97. The van der Waals surface area contributed by atoms with Crippen LogP contribution in [0.4, 0.5) is 0 Å². The monoisotopic (exact) mass is 386 g/mol. The fourth-order valence-corrected chi connectivity index (χ4v) is 5.18. The van der Waals surface area contributed by atoms with E-state index in [-0.39, 0.29) is 0 Å². The number of benzene rings is 1. The fraction of sp³-hybridized carbons (Fsp3) is 0.625. The highest BCUT2D eigenvalue weighted by molar-refractivity contribution is 9.10. The van der Waals surface area contributed by atoms with Crippen LogP contribution in [0, 0.1) is 12.8 Å². The van der Waals surface area contributed by atoms with Gasteiger partial charge < -0.3 is 5.32 Å². The molecule has 1 aromatic rings. The number of rotatable bonds is 5. The average molecular weight is 387 g/mol. The Bertz CT molecular complexity index is 636. The summed E-state index contributed by atoms with van der Waals surface area (Å²) in [6, 6.07) is 5.83. The minimum absolute atomic E-state index is 0.422. The number of piperidine rings is 1. The molecule has 1 aromatic carbocycles. The molecule has 1 saturated heterocycles. The molecule has 122 valence electrons. The van der Waals surface area contributed by atoms with Crippen LogP contribution >= 0.6 is 15.9 Å². The SMILES string of the molecule is Cc1c(Br)cccc1S(=O)(=O)N1CCC(NCC2CC2)CC1. The van der Waals surface area contributed by atoms with E-state index in [1.807, 2.05) is 13.0 Å². The highest BCUT2D eigenvalue weighted by Gasteiger charge is 2.31. The van der Waals surface area contributed by atoms with Crippen LogP contribution in [0.5, 0.6) is 0 Å². The summed E-state index contributed by atoms with van der Waals surface area (Å²) in [5, 5.41) is 3.59. The van der Waals surface area contributed by atoms with Gasteiger partial charge in [0.1, 0.15) is 0 Å².